The van der Waals surface area contributed by atoms with Crippen molar-refractivity contribution in [2.45, 2.75) is 32.3 Å². The molecular weight excluding hydrogens is 214 g/mol. The van der Waals surface area contributed by atoms with Crippen molar-refractivity contribution in [1.29, 1.82) is 0 Å². The molecule has 2 heterocycles. The molecule has 0 radical (unpaired) electrons. The van der Waals surface area contributed by atoms with Gasteiger partial charge in [-0.3, -0.25) is 0 Å². The summed E-state index contributed by atoms with van der Waals surface area (Å²) in [5.41, 5.74) is 6.32. The van der Waals surface area contributed by atoms with Gasteiger partial charge in [0.15, 0.2) is 0 Å². The molecule has 1 aliphatic heterocycles. The second kappa shape index (κ2) is 5.36. The largest absolute Gasteiger partial charge is 0.397 e. The Morgan fingerprint density at radius 3 is 3.00 bits per heavy atom. The third kappa shape index (κ3) is 2.88. The molecule has 1 aliphatic rings. The first-order chi connectivity index (χ1) is 8.20. The summed E-state index contributed by atoms with van der Waals surface area (Å²) in [6, 6.07) is 3.83. The van der Waals surface area contributed by atoms with E-state index in [0.29, 0.717) is 11.6 Å². The predicted octanol–water partition coefficient (Wildman–Crippen LogP) is 1.65. The van der Waals surface area contributed by atoms with Gasteiger partial charge in [0, 0.05) is 19.0 Å². The highest BCUT2D eigenvalue weighted by atomic mass is 16.3. The van der Waals surface area contributed by atoms with Gasteiger partial charge in [-0.1, -0.05) is 13.3 Å². The van der Waals surface area contributed by atoms with Gasteiger partial charge < -0.3 is 15.7 Å². The number of hydrogen-bond acceptors (Lipinski definition) is 4. The van der Waals surface area contributed by atoms with Crippen LogP contribution in [0.1, 0.15) is 26.2 Å². The van der Waals surface area contributed by atoms with E-state index >= 15 is 0 Å². The van der Waals surface area contributed by atoms with Crippen LogP contribution in [0.25, 0.3) is 0 Å². The molecule has 1 aromatic rings. The number of hydrogen-bond donors (Lipinski definition) is 2. The summed E-state index contributed by atoms with van der Waals surface area (Å²) in [6.45, 7) is 3.93. The molecule has 1 saturated heterocycles. The third-order valence-corrected chi connectivity index (χ3v) is 3.45. The van der Waals surface area contributed by atoms with Gasteiger partial charge in [0.05, 0.1) is 18.0 Å². The molecule has 1 fully saturated rings. The van der Waals surface area contributed by atoms with Crippen LogP contribution in [-0.4, -0.2) is 29.3 Å². The Morgan fingerprint density at radius 2 is 2.35 bits per heavy atom. The summed E-state index contributed by atoms with van der Waals surface area (Å²) in [5.74, 6) is 1.33. The van der Waals surface area contributed by atoms with Crippen molar-refractivity contribution in [2.75, 3.05) is 23.7 Å². The molecule has 0 unspecified atom stereocenters. The van der Waals surface area contributed by atoms with Crippen molar-refractivity contribution in [2.24, 2.45) is 5.92 Å². The molecule has 3 N–H and O–H groups in total. The summed E-state index contributed by atoms with van der Waals surface area (Å²) in [5, 5.41) is 9.94. The van der Waals surface area contributed by atoms with Crippen LogP contribution in [0.2, 0.25) is 0 Å². The minimum Gasteiger partial charge on any atom is -0.397 e. The van der Waals surface area contributed by atoms with Crippen molar-refractivity contribution in [1.82, 2.24) is 4.98 Å². The lowest BCUT2D eigenvalue weighted by atomic mass is 9.91. The number of nitrogen functional groups attached to an aromatic ring is 1. The Hall–Kier alpha value is -1.29. The van der Waals surface area contributed by atoms with Gasteiger partial charge in [-0.2, -0.15) is 0 Å². The maximum atomic E-state index is 9.94. The van der Waals surface area contributed by atoms with Crippen molar-refractivity contribution < 1.29 is 5.11 Å². The third-order valence-electron chi connectivity index (χ3n) is 3.45. The number of nitrogens with two attached hydrogens (primary N) is 1. The van der Waals surface area contributed by atoms with E-state index in [2.05, 4.69) is 16.8 Å². The van der Waals surface area contributed by atoms with Crippen molar-refractivity contribution in [3.05, 3.63) is 18.3 Å². The molecule has 2 atom stereocenters. The number of aromatic nitrogens is 1. The van der Waals surface area contributed by atoms with E-state index < -0.39 is 0 Å². The minimum atomic E-state index is -0.153. The van der Waals surface area contributed by atoms with Crippen LogP contribution in [0.4, 0.5) is 11.5 Å². The highest BCUT2D eigenvalue weighted by Gasteiger charge is 2.27. The van der Waals surface area contributed by atoms with Crippen LogP contribution in [0.15, 0.2) is 18.3 Å². The maximum absolute atomic E-state index is 9.94. The second-order valence-corrected chi connectivity index (χ2v) is 4.80. The second-order valence-electron chi connectivity index (χ2n) is 4.80. The van der Waals surface area contributed by atoms with Gasteiger partial charge in [0.2, 0.25) is 0 Å². The number of aliphatic hydroxyl groups excluding tert-OH is 1. The highest BCUT2D eigenvalue weighted by Crippen LogP contribution is 2.25. The van der Waals surface area contributed by atoms with Crippen LogP contribution in [0.3, 0.4) is 0 Å². The fourth-order valence-corrected chi connectivity index (χ4v) is 2.47. The summed E-state index contributed by atoms with van der Waals surface area (Å²) in [4.78, 5) is 6.58. The zero-order valence-corrected chi connectivity index (χ0v) is 10.3. The molecule has 4 heteroatoms. The summed E-state index contributed by atoms with van der Waals surface area (Å²) >= 11 is 0. The van der Waals surface area contributed by atoms with E-state index in [1.807, 2.05) is 12.1 Å². The lowest BCUT2D eigenvalue weighted by Gasteiger charge is -2.36. The number of nitrogens with zero attached hydrogens (tertiary/aromatic N) is 2. The first kappa shape index (κ1) is 12.2. The smallest absolute Gasteiger partial charge is 0.128 e. The number of piperidine rings is 1. The Morgan fingerprint density at radius 1 is 1.53 bits per heavy atom. The first-order valence-corrected chi connectivity index (χ1v) is 6.35. The van der Waals surface area contributed by atoms with Gasteiger partial charge in [0.1, 0.15) is 5.82 Å². The molecule has 0 amide bonds. The van der Waals surface area contributed by atoms with Gasteiger partial charge in [-0.05, 0) is 25.0 Å². The summed E-state index contributed by atoms with van der Waals surface area (Å²) in [7, 11) is 0. The Bertz CT molecular complexity index is 352. The fourth-order valence-electron chi connectivity index (χ4n) is 2.47. The average molecular weight is 235 g/mol. The maximum Gasteiger partial charge on any atom is 0.128 e. The Labute approximate surface area is 102 Å². The van der Waals surface area contributed by atoms with Crippen LogP contribution in [0, 0.1) is 5.92 Å². The van der Waals surface area contributed by atoms with Gasteiger partial charge in [-0.15, -0.1) is 0 Å². The van der Waals surface area contributed by atoms with E-state index in [1.54, 1.807) is 6.20 Å². The fraction of sp³-hybridized carbons (Fsp3) is 0.615. The van der Waals surface area contributed by atoms with Crippen LogP contribution in [0.5, 0.6) is 0 Å². The topological polar surface area (TPSA) is 62.4 Å². The molecule has 94 valence electrons. The molecule has 0 saturated carbocycles. The minimum absolute atomic E-state index is 0.153. The van der Waals surface area contributed by atoms with Crippen molar-refractivity contribution >= 4 is 11.5 Å². The standard InChI is InChI=1S/C13H21N3O/c1-2-3-10-9-16(7-6-12(10)17)13-5-4-11(14)8-15-13/h4-5,8,10,12,17H,2-3,6-7,9,14H2,1H3/t10-,12+/m0/s1. The SMILES string of the molecule is CCC[C@H]1CN(c2ccc(N)cn2)CC[C@H]1O. The van der Waals surface area contributed by atoms with Crippen LogP contribution < -0.4 is 10.6 Å². The zero-order chi connectivity index (χ0) is 12.3. The lowest BCUT2D eigenvalue weighted by Crippen LogP contribution is -2.43. The van der Waals surface area contributed by atoms with Gasteiger partial charge >= 0.3 is 0 Å². The predicted molar refractivity (Wildman–Crippen MR) is 69.9 cm³/mol. The highest BCUT2D eigenvalue weighted by molar-refractivity contribution is 5.46. The normalized spacial score (nSPS) is 24.9. The quantitative estimate of drug-likeness (QED) is 0.836. The Kier molecular flexibility index (Phi) is 3.84. The molecular formula is C13H21N3O. The molecule has 17 heavy (non-hydrogen) atoms. The van der Waals surface area contributed by atoms with E-state index in [0.717, 1.165) is 38.2 Å². The molecule has 0 bridgehead atoms. The average Bonchev–Trinajstić information content (AvgIpc) is 2.33. The number of aliphatic hydroxyl groups is 1. The molecule has 2 rings (SSSR count). The van der Waals surface area contributed by atoms with E-state index in [4.69, 9.17) is 5.73 Å². The Balaban J connectivity index is 2.04. The van der Waals surface area contributed by atoms with E-state index in [1.165, 1.54) is 0 Å². The van der Waals surface area contributed by atoms with Gasteiger partial charge in [-0.25, -0.2) is 4.98 Å². The monoisotopic (exact) mass is 235 g/mol. The van der Waals surface area contributed by atoms with E-state index in [9.17, 15) is 5.11 Å². The molecule has 1 aromatic heterocycles. The van der Waals surface area contributed by atoms with Crippen LogP contribution in [-0.2, 0) is 0 Å². The van der Waals surface area contributed by atoms with Crippen molar-refractivity contribution in [3.8, 4) is 0 Å². The molecule has 0 aromatic carbocycles. The summed E-state index contributed by atoms with van der Waals surface area (Å²) < 4.78 is 0. The van der Waals surface area contributed by atoms with Crippen molar-refractivity contribution in [3.63, 3.8) is 0 Å². The molecule has 0 aliphatic carbocycles. The summed E-state index contributed by atoms with van der Waals surface area (Å²) in [6.07, 6.45) is 4.56. The van der Waals surface area contributed by atoms with Crippen LogP contribution >= 0.6 is 0 Å². The molecule has 4 nitrogen and oxygen atoms in total. The number of rotatable bonds is 3. The van der Waals surface area contributed by atoms with E-state index in [-0.39, 0.29) is 6.10 Å². The number of anilines is 2. The van der Waals surface area contributed by atoms with Gasteiger partial charge in [0.25, 0.3) is 0 Å². The first-order valence-electron chi connectivity index (χ1n) is 6.35. The number of pyridine rings is 1. The zero-order valence-electron chi connectivity index (χ0n) is 10.3. The molecule has 0 spiro atoms. The lowest BCUT2D eigenvalue weighted by molar-refractivity contribution is 0.0828.